The van der Waals surface area contributed by atoms with Crippen LogP contribution in [0, 0.1) is 5.82 Å². The second-order valence-corrected chi connectivity index (χ2v) is 2.86. The molecule has 2 nitrogen and oxygen atoms in total. The summed E-state index contributed by atoms with van der Waals surface area (Å²) in [6.45, 7) is 0. The van der Waals surface area contributed by atoms with E-state index in [2.05, 4.69) is 0 Å². The molecular formula is C11H8FNO. The van der Waals surface area contributed by atoms with Crippen LogP contribution < -0.4 is 5.56 Å². The van der Waals surface area contributed by atoms with Crippen molar-refractivity contribution >= 4 is 0 Å². The molecule has 0 spiro atoms. The van der Waals surface area contributed by atoms with Crippen molar-refractivity contribution in [2.24, 2.45) is 0 Å². The molecular weight excluding hydrogens is 181 g/mol. The van der Waals surface area contributed by atoms with E-state index in [0.717, 1.165) is 0 Å². The summed E-state index contributed by atoms with van der Waals surface area (Å²) in [4.78, 5) is 11.4. The minimum absolute atomic E-state index is 0.238. The largest absolute Gasteiger partial charge is 0.281 e. The molecule has 0 saturated heterocycles. The number of pyridine rings is 1. The topological polar surface area (TPSA) is 22.0 Å². The van der Waals surface area contributed by atoms with E-state index in [0.29, 0.717) is 0 Å². The van der Waals surface area contributed by atoms with Gasteiger partial charge in [-0.3, -0.25) is 9.36 Å². The molecule has 70 valence electrons. The van der Waals surface area contributed by atoms with Gasteiger partial charge in [-0.2, -0.15) is 0 Å². The summed E-state index contributed by atoms with van der Waals surface area (Å²) in [6, 6.07) is 10.9. The van der Waals surface area contributed by atoms with E-state index in [-0.39, 0.29) is 11.2 Å². The number of halogens is 1. The number of hydrogen-bond donors (Lipinski definition) is 0. The summed E-state index contributed by atoms with van der Waals surface area (Å²) in [5.74, 6) is -0.402. The third-order valence-corrected chi connectivity index (χ3v) is 1.93. The van der Waals surface area contributed by atoms with Crippen molar-refractivity contribution in [3.8, 4) is 5.69 Å². The highest BCUT2D eigenvalue weighted by molar-refractivity contribution is 5.33. The predicted molar refractivity (Wildman–Crippen MR) is 52.0 cm³/mol. The average molecular weight is 189 g/mol. The van der Waals surface area contributed by atoms with Crippen molar-refractivity contribution in [2.75, 3.05) is 0 Å². The van der Waals surface area contributed by atoms with Crippen LogP contribution >= 0.6 is 0 Å². The zero-order valence-corrected chi connectivity index (χ0v) is 7.35. The third kappa shape index (κ3) is 1.44. The lowest BCUT2D eigenvalue weighted by atomic mass is 10.3. The van der Waals surface area contributed by atoms with Gasteiger partial charge in [0.25, 0.3) is 5.56 Å². The van der Waals surface area contributed by atoms with E-state index in [4.69, 9.17) is 0 Å². The first-order chi connectivity index (χ1) is 6.79. The Morgan fingerprint density at radius 3 is 2.43 bits per heavy atom. The van der Waals surface area contributed by atoms with Gasteiger partial charge in [0.15, 0.2) is 0 Å². The fourth-order valence-electron chi connectivity index (χ4n) is 1.27. The van der Waals surface area contributed by atoms with Gasteiger partial charge < -0.3 is 0 Å². The summed E-state index contributed by atoms with van der Waals surface area (Å²) in [5.41, 5.74) is 0.0377. The minimum Gasteiger partial charge on any atom is -0.281 e. The number of aromatic nitrogens is 1. The third-order valence-electron chi connectivity index (χ3n) is 1.93. The molecule has 1 aromatic heterocycles. The van der Waals surface area contributed by atoms with Gasteiger partial charge in [0.1, 0.15) is 5.82 Å². The molecule has 0 aliphatic carbocycles. The molecule has 0 aliphatic heterocycles. The number of benzene rings is 1. The van der Waals surface area contributed by atoms with Gasteiger partial charge in [-0.1, -0.05) is 18.2 Å². The Bertz CT molecular complexity index is 504. The normalized spacial score (nSPS) is 10.1. The van der Waals surface area contributed by atoms with E-state index in [9.17, 15) is 9.18 Å². The van der Waals surface area contributed by atoms with E-state index in [1.54, 1.807) is 36.5 Å². The van der Waals surface area contributed by atoms with Crippen molar-refractivity contribution in [1.29, 1.82) is 0 Å². The van der Waals surface area contributed by atoms with Gasteiger partial charge in [-0.25, -0.2) is 4.39 Å². The lowest BCUT2D eigenvalue weighted by molar-refractivity contribution is 0.616. The van der Waals surface area contributed by atoms with E-state index in [1.807, 2.05) is 0 Å². The van der Waals surface area contributed by atoms with Crippen LogP contribution in [-0.2, 0) is 0 Å². The molecule has 0 radical (unpaired) electrons. The van der Waals surface area contributed by atoms with Gasteiger partial charge in [0.2, 0.25) is 0 Å². The van der Waals surface area contributed by atoms with Gasteiger partial charge in [0.05, 0.1) is 5.69 Å². The molecule has 0 atom stereocenters. The molecule has 1 aromatic carbocycles. The molecule has 2 aromatic rings. The lowest BCUT2D eigenvalue weighted by Gasteiger charge is -2.04. The van der Waals surface area contributed by atoms with Gasteiger partial charge in [-0.05, 0) is 18.2 Å². The highest BCUT2D eigenvalue weighted by Crippen LogP contribution is 2.09. The van der Waals surface area contributed by atoms with Crippen LogP contribution in [-0.4, -0.2) is 4.57 Å². The smallest absolute Gasteiger partial charge is 0.255 e. The van der Waals surface area contributed by atoms with Crippen molar-refractivity contribution in [1.82, 2.24) is 4.57 Å². The number of rotatable bonds is 1. The second kappa shape index (κ2) is 3.46. The summed E-state index contributed by atoms with van der Waals surface area (Å²) in [5, 5.41) is 0. The van der Waals surface area contributed by atoms with Crippen molar-refractivity contribution in [3.63, 3.8) is 0 Å². The molecule has 0 bridgehead atoms. The van der Waals surface area contributed by atoms with Crippen LogP contribution in [0.25, 0.3) is 5.69 Å². The fourth-order valence-corrected chi connectivity index (χ4v) is 1.27. The summed E-state index contributed by atoms with van der Waals surface area (Å²) in [6.07, 6.45) is 1.54. The highest BCUT2D eigenvalue weighted by atomic mass is 19.1. The van der Waals surface area contributed by atoms with Crippen LogP contribution in [0.2, 0.25) is 0 Å². The zero-order chi connectivity index (χ0) is 9.97. The SMILES string of the molecule is O=c1ccccn1-c1ccccc1F. The summed E-state index contributed by atoms with van der Waals surface area (Å²) < 4.78 is 14.6. The Kier molecular flexibility index (Phi) is 2.14. The quantitative estimate of drug-likeness (QED) is 0.672. The Labute approximate surface area is 80.2 Å². The van der Waals surface area contributed by atoms with Crippen LogP contribution in [0.5, 0.6) is 0 Å². The monoisotopic (exact) mass is 189 g/mol. The van der Waals surface area contributed by atoms with Crippen molar-refractivity contribution in [2.45, 2.75) is 0 Å². The van der Waals surface area contributed by atoms with Crippen LogP contribution in [0.3, 0.4) is 0 Å². The molecule has 0 unspecified atom stereocenters. The van der Waals surface area contributed by atoms with Gasteiger partial charge >= 0.3 is 0 Å². The standard InChI is InChI=1S/C11H8FNO/c12-9-5-1-2-6-10(9)13-8-4-3-7-11(13)14/h1-8H. The van der Waals surface area contributed by atoms with E-state index < -0.39 is 5.82 Å². The molecule has 0 fully saturated rings. The van der Waals surface area contributed by atoms with E-state index in [1.165, 1.54) is 16.7 Å². The molecule has 0 N–H and O–H groups in total. The zero-order valence-electron chi connectivity index (χ0n) is 7.35. The fraction of sp³-hybridized carbons (Fsp3) is 0. The minimum atomic E-state index is -0.402. The maximum Gasteiger partial charge on any atom is 0.255 e. The number of hydrogen-bond acceptors (Lipinski definition) is 1. The average Bonchev–Trinajstić information content (AvgIpc) is 2.20. The Morgan fingerprint density at radius 2 is 1.71 bits per heavy atom. The Hall–Kier alpha value is -1.90. The molecule has 3 heteroatoms. The van der Waals surface area contributed by atoms with Crippen molar-refractivity contribution < 1.29 is 4.39 Å². The Morgan fingerprint density at radius 1 is 1.00 bits per heavy atom. The molecule has 1 heterocycles. The molecule has 0 saturated carbocycles. The van der Waals surface area contributed by atoms with Crippen LogP contribution in [0.4, 0.5) is 4.39 Å². The molecule has 14 heavy (non-hydrogen) atoms. The van der Waals surface area contributed by atoms with E-state index >= 15 is 0 Å². The molecule has 2 rings (SSSR count). The van der Waals surface area contributed by atoms with Gasteiger partial charge in [-0.15, -0.1) is 0 Å². The maximum absolute atomic E-state index is 13.3. The lowest BCUT2D eigenvalue weighted by Crippen LogP contribution is -2.16. The molecule has 0 amide bonds. The van der Waals surface area contributed by atoms with Gasteiger partial charge in [0, 0.05) is 12.3 Å². The van der Waals surface area contributed by atoms with Crippen molar-refractivity contribution in [3.05, 3.63) is 64.8 Å². The predicted octanol–water partition coefficient (Wildman–Crippen LogP) is 1.98. The number of para-hydroxylation sites is 1. The first-order valence-corrected chi connectivity index (χ1v) is 4.21. The highest BCUT2D eigenvalue weighted by Gasteiger charge is 2.02. The first kappa shape index (κ1) is 8.69. The first-order valence-electron chi connectivity index (χ1n) is 4.21. The van der Waals surface area contributed by atoms with Crippen LogP contribution in [0.15, 0.2) is 53.5 Å². The summed E-state index contributed by atoms with van der Waals surface area (Å²) >= 11 is 0. The summed E-state index contributed by atoms with van der Waals surface area (Å²) in [7, 11) is 0. The maximum atomic E-state index is 13.3. The molecule has 0 aliphatic rings. The number of nitrogens with zero attached hydrogens (tertiary/aromatic N) is 1. The Balaban J connectivity index is 2.67. The van der Waals surface area contributed by atoms with Crippen LogP contribution in [0.1, 0.15) is 0 Å². The second-order valence-electron chi connectivity index (χ2n) is 2.86.